The van der Waals surface area contributed by atoms with Gasteiger partial charge in [-0.25, -0.2) is 9.78 Å². The van der Waals surface area contributed by atoms with Gasteiger partial charge in [-0.1, -0.05) is 0 Å². The van der Waals surface area contributed by atoms with Crippen LogP contribution in [-0.2, 0) is 0 Å². The number of hydrogen-bond donors (Lipinski definition) is 2. The molecule has 0 saturated carbocycles. The lowest BCUT2D eigenvalue weighted by atomic mass is 10.2. The van der Waals surface area contributed by atoms with Gasteiger partial charge >= 0.3 is 5.63 Å². The molecule has 5 nitrogen and oxygen atoms in total. The zero-order valence-electron chi connectivity index (χ0n) is 7.31. The number of phenolic OH excluding ortho intramolecular Hbond substituents is 2. The maximum atomic E-state index is 11.1. The van der Waals surface area contributed by atoms with E-state index >= 15 is 0 Å². The van der Waals surface area contributed by atoms with Gasteiger partial charge in [-0.3, -0.25) is 0 Å². The van der Waals surface area contributed by atoms with Crippen molar-refractivity contribution >= 4 is 11.1 Å². The minimum atomic E-state index is -0.626. The largest absolute Gasteiger partial charge is 0.504 e. The SMILES string of the molecule is Cc1nc2ccc(O)c(O)c2oc1=O. The van der Waals surface area contributed by atoms with E-state index in [9.17, 15) is 9.90 Å². The van der Waals surface area contributed by atoms with Crippen LogP contribution in [0.2, 0.25) is 0 Å². The minimum Gasteiger partial charge on any atom is -0.504 e. The second-order valence-corrected chi connectivity index (χ2v) is 2.87. The normalized spacial score (nSPS) is 10.6. The summed E-state index contributed by atoms with van der Waals surface area (Å²) in [7, 11) is 0. The fourth-order valence-corrected chi connectivity index (χ4v) is 1.13. The van der Waals surface area contributed by atoms with Gasteiger partial charge in [0.05, 0.1) is 0 Å². The van der Waals surface area contributed by atoms with Crippen LogP contribution in [-0.4, -0.2) is 15.2 Å². The molecule has 0 aliphatic carbocycles. The Hall–Kier alpha value is -2.04. The van der Waals surface area contributed by atoms with Crippen LogP contribution in [0.1, 0.15) is 5.69 Å². The Labute approximate surface area is 78.3 Å². The molecular formula is C9H7NO4. The van der Waals surface area contributed by atoms with Gasteiger partial charge in [0.2, 0.25) is 11.3 Å². The zero-order valence-corrected chi connectivity index (χ0v) is 7.31. The van der Waals surface area contributed by atoms with Crippen LogP contribution >= 0.6 is 0 Å². The molecule has 2 N–H and O–H groups in total. The van der Waals surface area contributed by atoms with Gasteiger partial charge < -0.3 is 14.6 Å². The lowest BCUT2D eigenvalue weighted by molar-refractivity contribution is 0.396. The molecule has 0 radical (unpaired) electrons. The molecule has 1 aromatic carbocycles. The van der Waals surface area contributed by atoms with Crippen molar-refractivity contribution in [1.82, 2.24) is 4.98 Å². The van der Waals surface area contributed by atoms with Crippen LogP contribution < -0.4 is 5.63 Å². The summed E-state index contributed by atoms with van der Waals surface area (Å²) in [6, 6.07) is 2.74. The molecule has 2 aromatic rings. The first-order valence-electron chi connectivity index (χ1n) is 3.92. The summed E-state index contributed by atoms with van der Waals surface area (Å²) in [6.07, 6.45) is 0. The van der Waals surface area contributed by atoms with Crippen LogP contribution in [0, 0.1) is 6.92 Å². The van der Waals surface area contributed by atoms with Crippen LogP contribution in [0.15, 0.2) is 21.3 Å². The summed E-state index contributed by atoms with van der Waals surface area (Å²) in [6.45, 7) is 1.51. The van der Waals surface area contributed by atoms with E-state index in [0.29, 0.717) is 5.52 Å². The van der Waals surface area contributed by atoms with Crippen molar-refractivity contribution in [1.29, 1.82) is 0 Å². The van der Waals surface area contributed by atoms with Crippen molar-refractivity contribution in [3.05, 3.63) is 28.2 Å². The summed E-state index contributed by atoms with van der Waals surface area (Å²) >= 11 is 0. The molecule has 0 spiro atoms. The second-order valence-electron chi connectivity index (χ2n) is 2.87. The first-order valence-corrected chi connectivity index (χ1v) is 3.92. The number of aromatic hydroxyl groups is 2. The lowest BCUT2D eigenvalue weighted by Crippen LogP contribution is -2.05. The predicted molar refractivity (Wildman–Crippen MR) is 48.3 cm³/mol. The summed E-state index contributed by atoms with van der Waals surface area (Å²) in [5.74, 6) is -0.807. The van der Waals surface area contributed by atoms with Gasteiger partial charge in [0.25, 0.3) is 0 Å². The molecule has 0 amide bonds. The summed E-state index contributed by atoms with van der Waals surface area (Å²) in [5.41, 5.74) is -0.181. The topological polar surface area (TPSA) is 83.6 Å². The van der Waals surface area contributed by atoms with Crippen LogP contribution in [0.5, 0.6) is 11.5 Å². The number of hydrogen-bond acceptors (Lipinski definition) is 5. The van der Waals surface area contributed by atoms with Gasteiger partial charge in [-0.05, 0) is 19.1 Å². The molecule has 5 heteroatoms. The van der Waals surface area contributed by atoms with Crippen molar-refractivity contribution in [2.45, 2.75) is 6.92 Å². The zero-order chi connectivity index (χ0) is 10.3. The van der Waals surface area contributed by atoms with Crippen molar-refractivity contribution < 1.29 is 14.6 Å². The molecule has 0 unspecified atom stereocenters. The van der Waals surface area contributed by atoms with Gasteiger partial charge in [0.1, 0.15) is 11.2 Å². The van der Waals surface area contributed by atoms with Crippen molar-refractivity contribution in [2.24, 2.45) is 0 Å². The van der Waals surface area contributed by atoms with E-state index in [1.54, 1.807) is 0 Å². The van der Waals surface area contributed by atoms with Gasteiger partial charge in [-0.15, -0.1) is 0 Å². The molecule has 0 aliphatic rings. The Bertz CT molecular complexity index is 558. The van der Waals surface area contributed by atoms with Crippen molar-refractivity contribution in [2.75, 3.05) is 0 Å². The average Bonchev–Trinajstić information content (AvgIpc) is 2.15. The van der Waals surface area contributed by atoms with E-state index in [4.69, 9.17) is 9.52 Å². The highest BCUT2D eigenvalue weighted by molar-refractivity contribution is 5.81. The summed E-state index contributed by atoms with van der Waals surface area (Å²) in [4.78, 5) is 15.0. The Morgan fingerprint density at radius 2 is 2.07 bits per heavy atom. The number of aromatic nitrogens is 1. The molecule has 2 rings (SSSR count). The van der Waals surface area contributed by atoms with Crippen LogP contribution in [0.3, 0.4) is 0 Å². The van der Waals surface area contributed by atoms with E-state index in [2.05, 4.69) is 4.98 Å². The number of rotatable bonds is 0. The molecule has 0 saturated heterocycles. The minimum absolute atomic E-state index is 0.0967. The molecule has 0 fully saturated rings. The first-order chi connectivity index (χ1) is 6.59. The molecule has 14 heavy (non-hydrogen) atoms. The van der Waals surface area contributed by atoms with Crippen molar-refractivity contribution in [3.8, 4) is 11.5 Å². The smallest absolute Gasteiger partial charge is 0.357 e. The Morgan fingerprint density at radius 3 is 2.79 bits per heavy atom. The third-order valence-electron chi connectivity index (χ3n) is 1.87. The third kappa shape index (κ3) is 1.10. The lowest BCUT2D eigenvalue weighted by Gasteiger charge is -2.00. The predicted octanol–water partition coefficient (Wildman–Crippen LogP) is 0.908. The Balaban J connectivity index is 2.97. The van der Waals surface area contributed by atoms with Gasteiger partial charge in [0, 0.05) is 0 Å². The third-order valence-corrected chi connectivity index (χ3v) is 1.87. The van der Waals surface area contributed by atoms with E-state index < -0.39 is 11.4 Å². The average molecular weight is 193 g/mol. The van der Waals surface area contributed by atoms with Crippen LogP contribution in [0.4, 0.5) is 0 Å². The monoisotopic (exact) mass is 193 g/mol. The highest BCUT2D eigenvalue weighted by Crippen LogP contribution is 2.31. The number of nitrogens with zero attached hydrogens (tertiary/aromatic N) is 1. The second kappa shape index (κ2) is 2.73. The highest BCUT2D eigenvalue weighted by Gasteiger charge is 2.10. The number of aryl methyl sites for hydroxylation is 1. The molecule has 0 aliphatic heterocycles. The van der Waals surface area contributed by atoms with E-state index in [1.807, 2.05) is 0 Å². The molecule has 1 aromatic heterocycles. The Kier molecular flexibility index (Phi) is 1.67. The van der Waals surface area contributed by atoms with E-state index in [0.717, 1.165) is 0 Å². The number of fused-ring (bicyclic) bond motifs is 1. The van der Waals surface area contributed by atoms with Gasteiger partial charge in [0.15, 0.2) is 5.75 Å². The number of phenols is 2. The Morgan fingerprint density at radius 1 is 1.36 bits per heavy atom. The van der Waals surface area contributed by atoms with Gasteiger partial charge in [-0.2, -0.15) is 0 Å². The maximum absolute atomic E-state index is 11.1. The molecule has 0 atom stereocenters. The number of benzene rings is 1. The molecule has 0 bridgehead atoms. The molecule has 72 valence electrons. The molecule has 1 heterocycles. The van der Waals surface area contributed by atoms with Crippen molar-refractivity contribution in [3.63, 3.8) is 0 Å². The standard InChI is InChI=1S/C9H7NO4/c1-4-9(13)14-8-5(10-4)2-3-6(11)7(8)12/h2-3,11-12H,1H3. The fourth-order valence-electron chi connectivity index (χ4n) is 1.13. The first kappa shape index (κ1) is 8.55. The van der Waals surface area contributed by atoms with Crippen LogP contribution in [0.25, 0.3) is 11.1 Å². The summed E-state index contributed by atoms with van der Waals surface area (Å²) < 4.78 is 4.78. The fraction of sp³-hybridized carbons (Fsp3) is 0.111. The quantitative estimate of drug-likeness (QED) is 0.607. The van der Waals surface area contributed by atoms with E-state index in [1.165, 1.54) is 19.1 Å². The van der Waals surface area contributed by atoms with E-state index in [-0.39, 0.29) is 17.0 Å². The molecular weight excluding hydrogens is 186 g/mol. The maximum Gasteiger partial charge on any atom is 0.357 e. The highest BCUT2D eigenvalue weighted by atomic mass is 16.4. The summed E-state index contributed by atoms with van der Waals surface area (Å²) in [5, 5.41) is 18.5.